The Morgan fingerprint density at radius 3 is 2.94 bits per heavy atom. The second-order valence-corrected chi connectivity index (χ2v) is 5.55. The van der Waals surface area contributed by atoms with Crippen molar-refractivity contribution < 1.29 is 9.53 Å². The lowest BCUT2D eigenvalue weighted by Gasteiger charge is -2.12. The van der Waals surface area contributed by atoms with E-state index in [2.05, 4.69) is 29.6 Å². The Kier molecular flexibility index (Phi) is 5.08. The smallest absolute Gasteiger partial charge is 0.324 e. The van der Waals surface area contributed by atoms with Crippen LogP contribution in [0.4, 0.5) is 0 Å². The third-order valence-electron chi connectivity index (χ3n) is 2.96. The van der Waals surface area contributed by atoms with Gasteiger partial charge in [-0.3, -0.25) is 10.1 Å². The number of ether oxygens (including phenoxy) is 1. The minimum atomic E-state index is -0.129. The Morgan fingerprint density at radius 1 is 1.44 bits per heavy atom. The number of nitrogens with one attached hydrogen (secondary N) is 1. The Balaban J connectivity index is 1.74. The van der Waals surface area contributed by atoms with Crippen molar-refractivity contribution in [2.75, 3.05) is 12.4 Å². The molecule has 0 aromatic heterocycles. The van der Waals surface area contributed by atoms with Gasteiger partial charge in [0.25, 0.3) is 0 Å². The largest absolute Gasteiger partial charge is 0.465 e. The number of hydrogen-bond acceptors (Lipinski definition) is 4. The number of benzene rings is 1. The first-order valence-electron chi connectivity index (χ1n) is 6.38. The molecule has 1 fully saturated rings. The summed E-state index contributed by atoms with van der Waals surface area (Å²) in [5, 5.41) is 3.69. The summed E-state index contributed by atoms with van der Waals surface area (Å²) in [4.78, 5) is 11.6. The average Bonchev–Trinajstić information content (AvgIpc) is 2.87. The van der Waals surface area contributed by atoms with Gasteiger partial charge in [0.15, 0.2) is 0 Å². The summed E-state index contributed by atoms with van der Waals surface area (Å²) in [5.41, 5.74) is 1.35. The lowest BCUT2D eigenvalue weighted by Crippen LogP contribution is -2.38. The number of carbonyl (C=O) groups excluding carboxylic acids is 1. The number of aryl methyl sites for hydroxylation is 1. The molecule has 1 N–H and O–H groups in total. The van der Waals surface area contributed by atoms with E-state index in [4.69, 9.17) is 4.74 Å². The molecule has 0 bridgehead atoms. The zero-order valence-electron chi connectivity index (χ0n) is 10.6. The lowest BCUT2D eigenvalue weighted by molar-refractivity contribution is -0.144. The maximum absolute atomic E-state index is 11.6. The quantitative estimate of drug-likeness (QED) is 0.829. The fourth-order valence-corrected chi connectivity index (χ4v) is 3.22. The standard InChI is InChI=1S/C14H19NO2S/c1-2-17-14(16)12-10-18-13(15-12)9-8-11-6-4-3-5-7-11/h3-7,12-13,15H,2,8-10H2,1H3/t12-,13+/m0/s1. The van der Waals surface area contributed by atoms with Crippen LogP contribution in [0.3, 0.4) is 0 Å². The summed E-state index contributed by atoms with van der Waals surface area (Å²) in [6.45, 7) is 2.29. The lowest BCUT2D eigenvalue weighted by atomic mass is 10.1. The first-order valence-corrected chi connectivity index (χ1v) is 7.42. The van der Waals surface area contributed by atoms with E-state index in [1.165, 1.54) is 5.56 Å². The highest BCUT2D eigenvalue weighted by atomic mass is 32.2. The zero-order valence-corrected chi connectivity index (χ0v) is 11.4. The SMILES string of the molecule is CCOC(=O)[C@@H]1CS[C@H](CCc2ccccc2)N1. The van der Waals surface area contributed by atoms with Crippen molar-refractivity contribution in [3.63, 3.8) is 0 Å². The van der Waals surface area contributed by atoms with Gasteiger partial charge in [-0.1, -0.05) is 30.3 Å². The third kappa shape index (κ3) is 3.75. The van der Waals surface area contributed by atoms with Crippen LogP contribution in [-0.2, 0) is 16.0 Å². The van der Waals surface area contributed by atoms with E-state index in [1.807, 2.05) is 24.8 Å². The van der Waals surface area contributed by atoms with Gasteiger partial charge in [0.2, 0.25) is 0 Å². The number of hydrogen-bond donors (Lipinski definition) is 1. The maximum atomic E-state index is 11.6. The molecular weight excluding hydrogens is 246 g/mol. The predicted molar refractivity (Wildman–Crippen MR) is 74.6 cm³/mol. The van der Waals surface area contributed by atoms with Crippen LogP contribution < -0.4 is 5.32 Å². The molecule has 1 aromatic carbocycles. The van der Waals surface area contributed by atoms with Crippen molar-refractivity contribution in [1.82, 2.24) is 5.32 Å². The Bertz CT molecular complexity index is 383. The van der Waals surface area contributed by atoms with E-state index in [0.29, 0.717) is 12.0 Å². The van der Waals surface area contributed by atoms with Crippen molar-refractivity contribution in [1.29, 1.82) is 0 Å². The van der Waals surface area contributed by atoms with Crippen LogP contribution in [0.15, 0.2) is 30.3 Å². The molecule has 0 spiro atoms. The van der Waals surface area contributed by atoms with Crippen LogP contribution in [0.1, 0.15) is 18.9 Å². The van der Waals surface area contributed by atoms with Gasteiger partial charge >= 0.3 is 5.97 Å². The van der Waals surface area contributed by atoms with Gasteiger partial charge in [-0.25, -0.2) is 0 Å². The molecule has 18 heavy (non-hydrogen) atoms. The average molecular weight is 265 g/mol. The minimum absolute atomic E-state index is 0.118. The molecule has 0 amide bonds. The summed E-state index contributed by atoms with van der Waals surface area (Å²) >= 11 is 1.81. The molecule has 1 heterocycles. The second kappa shape index (κ2) is 6.81. The highest BCUT2D eigenvalue weighted by Gasteiger charge is 2.30. The molecule has 0 saturated carbocycles. The topological polar surface area (TPSA) is 38.3 Å². The highest BCUT2D eigenvalue weighted by Crippen LogP contribution is 2.23. The molecule has 3 nitrogen and oxygen atoms in total. The molecule has 1 aromatic rings. The fourth-order valence-electron chi connectivity index (χ4n) is 2.02. The van der Waals surface area contributed by atoms with E-state index in [0.717, 1.165) is 18.6 Å². The van der Waals surface area contributed by atoms with Crippen LogP contribution in [-0.4, -0.2) is 29.7 Å². The van der Waals surface area contributed by atoms with Crippen molar-refractivity contribution in [3.05, 3.63) is 35.9 Å². The zero-order chi connectivity index (χ0) is 12.8. The first kappa shape index (κ1) is 13.4. The maximum Gasteiger partial charge on any atom is 0.324 e. The molecule has 0 aliphatic carbocycles. The van der Waals surface area contributed by atoms with Gasteiger partial charge in [0.1, 0.15) is 6.04 Å². The molecule has 4 heteroatoms. The number of rotatable bonds is 5. The van der Waals surface area contributed by atoms with Crippen molar-refractivity contribution in [2.45, 2.75) is 31.2 Å². The molecule has 2 rings (SSSR count). The Morgan fingerprint density at radius 2 is 2.22 bits per heavy atom. The van der Waals surface area contributed by atoms with Gasteiger partial charge in [-0.05, 0) is 25.3 Å². The van der Waals surface area contributed by atoms with Crippen molar-refractivity contribution in [2.24, 2.45) is 0 Å². The molecule has 1 saturated heterocycles. The van der Waals surface area contributed by atoms with Crippen LogP contribution in [0.25, 0.3) is 0 Å². The molecule has 98 valence electrons. The number of thioether (sulfide) groups is 1. The van der Waals surface area contributed by atoms with Gasteiger partial charge in [-0.2, -0.15) is 0 Å². The molecule has 0 radical (unpaired) electrons. The fraction of sp³-hybridized carbons (Fsp3) is 0.500. The van der Waals surface area contributed by atoms with Crippen LogP contribution >= 0.6 is 11.8 Å². The van der Waals surface area contributed by atoms with E-state index in [1.54, 1.807) is 0 Å². The van der Waals surface area contributed by atoms with Crippen LogP contribution in [0.5, 0.6) is 0 Å². The summed E-state index contributed by atoms with van der Waals surface area (Å²) < 4.78 is 5.02. The van der Waals surface area contributed by atoms with Crippen molar-refractivity contribution in [3.8, 4) is 0 Å². The van der Waals surface area contributed by atoms with E-state index in [-0.39, 0.29) is 12.0 Å². The summed E-state index contributed by atoms with van der Waals surface area (Å²) in [7, 11) is 0. The van der Waals surface area contributed by atoms with E-state index < -0.39 is 0 Å². The van der Waals surface area contributed by atoms with Crippen LogP contribution in [0.2, 0.25) is 0 Å². The Hall–Kier alpha value is -1.00. The van der Waals surface area contributed by atoms with Crippen LogP contribution in [0, 0.1) is 0 Å². The monoisotopic (exact) mass is 265 g/mol. The molecule has 2 atom stereocenters. The van der Waals surface area contributed by atoms with Gasteiger partial charge in [0, 0.05) is 5.75 Å². The number of esters is 1. The van der Waals surface area contributed by atoms with Gasteiger partial charge in [0.05, 0.1) is 12.0 Å². The van der Waals surface area contributed by atoms with E-state index in [9.17, 15) is 4.79 Å². The molecular formula is C14H19NO2S. The van der Waals surface area contributed by atoms with Gasteiger partial charge in [-0.15, -0.1) is 11.8 Å². The molecule has 1 aliphatic rings. The van der Waals surface area contributed by atoms with Crippen molar-refractivity contribution >= 4 is 17.7 Å². The highest BCUT2D eigenvalue weighted by molar-refractivity contribution is 8.00. The first-order chi connectivity index (χ1) is 8.79. The molecule has 0 unspecified atom stereocenters. The normalized spacial score (nSPS) is 22.9. The summed E-state index contributed by atoms with van der Waals surface area (Å²) in [5.74, 6) is 0.699. The predicted octanol–water partition coefficient (Wildman–Crippen LogP) is 2.21. The summed E-state index contributed by atoms with van der Waals surface area (Å²) in [6, 6.07) is 10.3. The third-order valence-corrected chi connectivity index (χ3v) is 4.26. The van der Waals surface area contributed by atoms with E-state index >= 15 is 0 Å². The number of carbonyl (C=O) groups is 1. The van der Waals surface area contributed by atoms with Gasteiger partial charge < -0.3 is 4.74 Å². The Labute approximate surface area is 112 Å². The minimum Gasteiger partial charge on any atom is -0.465 e. The molecule has 1 aliphatic heterocycles. The second-order valence-electron chi connectivity index (χ2n) is 4.32. The summed E-state index contributed by atoms with van der Waals surface area (Å²) in [6.07, 6.45) is 2.09.